The summed E-state index contributed by atoms with van der Waals surface area (Å²) in [4.78, 5) is 9.52. The Morgan fingerprint density at radius 1 is 1.07 bits per heavy atom. The highest BCUT2D eigenvalue weighted by Gasteiger charge is 2.30. The van der Waals surface area contributed by atoms with Crippen molar-refractivity contribution in [2.45, 2.75) is 19.4 Å². The Morgan fingerprint density at radius 3 is 2.80 bits per heavy atom. The number of imidazole rings is 1. The van der Waals surface area contributed by atoms with E-state index in [0.717, 1.165) is 39.7 Å². The number of aryl methyl sites for hydroxylation is 1. The topological polar surface area (TPSA) is 70.1 Å². The molecule has 0 spiro atoms. The summed E-state index contributed by atoms with van der Waals surface area (Å²) >= 11 is 6.29. The fraction of sp³-hybridized carbons (Fsp3) is 0.182. The molecule has 0 saturated carbocycles. The third-order valence-corrected chi connectivity index (χ3v) is 5.86. The molecule has 0 aliphatic carbocycles. The van der Waals surface area contributed by atoms with Crippen molar-refractivity contribution in [3.63, 3.8) is 0 Å². The summed E-state index contributed by atoms with van der Waals surface area (Å²) in [5.41, 5.74) is 6.57. The van der Waals surface area contributed by atoms with Crippen LogP contribution >= 0.6 is 11.6 Å². The maximum absolute atomic E-state index is 6.29. The molecule has 0 amide bonds. The lowest BCUT2D eigenvalue weighted by Crippen LogP contribution is -2.08. The van der Waals surface area contributed by atoms with Gasteiger partial charge in [-0.3, -0.25) is 4.57 Å². The van der Waals surface area contributed by atoms with Crippen LogP contribution in [0.4, 0.5) is 0 Å². The summed E-state index contributed by atoms with van der Waals surface area (Å²) in [7, 11) is 0. The van der Waals surface area contributed by atoms with E-state index in [0.29, 0.717) is 23.9 Å². The second-order valence-electron chi connectivity index (χ2n) is 7.42. The number of ether oxygens (including phenoxy) is 1. The minimum atomic E-state index is -0.0237. The lowest BCUT2D eigenvalue weighted by atomic mass is 10.1. The Bertz CT molecular complexity index is 1310. The van der Waals surface area contributed by atoms with Gasteiger partial charge in [-0.2, -0.15) is 0 Å². The number of aliphatic imine (C=N–C) groups is 1. The number of halogens is 1. The van der Waals surface area contributed by atoms with Crippen molar-refractivity contribution in [3.05, 3.63) is 88.2 Å². The third kappa shape index (κ3) is 2.59. The van der Waals surface area contributed by atoms with E-state index in [1.54, 1.807) is 0 Å². The van der Waals surface area contributed by atoms with Crippen LogP contribution in [0.5, 0.6) is 0 Å². The normalized spacial score (nSPS) is 16.9. The van der Waals surface area contributed by atoms with Gasteiger partial charge < -0.3 is 4.74 Å². The van der Waals surface area contributed by atoms with Crippen molar-refractivity contribution in [2.24, 2.45) is 4.99 Å². The van der Waals surface area contributed by atoms with Gasteiger partial charge in [0.25, 0.3) is 0 Å². The number of hydrogen-bond acceptors (Lipinski definition) is 5. The number of aromatic nitrogens is 5. The van der Waals surface area contributed by atoms with Crippen molar-refractivity contribution < 1.29 is 4.74 Å². The molecule has 4 heterocycles. The van der Waals surface area contributed by atoms with Crippen LogP contribution in [0.3, 0.4) is 0 Å². The number of fused-ring (bicyclic) bond motifs is 5. The van der Waals surface area contributed by atoms with Crippen molar-refractivity contribution in [1.29, 1.82) is 0 Å². The first-order chi connectivity index (χ1) is 14.7. The second-order valence-corrected chi connectivity index (χ2v) is 7.86. The van der Waals surface area contributed by atoms with Gasteiger partial charge in [0.05, 0.1) is 28.5 Å². The zero-order chi connectivity index (χ0) is 20.2. The van der Waals surface area contributed by atoms with E-state index >= 15 is 0 Å². The predicted octanol–water partition coefficient (Wildman–Crippen LogP) is 3.84. The maximum Gasteiger partial charge on any atom is 0.238 e. The van der Waals surface area contributed by atoms with Crippen molar-refractivity contribution in [3.8, 4) is 11.4 Å². The van der Waals surface area contributed by atoms with E-state index in [1.807, 2.05) is 54.3 Å². The van der Waals surface area contributed by atoms with Gasteiger partial charge in [0, 0.05) is 11.4 Å². The summed E-state index contributed by atoms with van der Waals surface area (Å²) in [6.45, 7) is 2.47. The molecule has 0 radical (unpaired) electrons. The molecule has 8 heteroatoms. The van der Waals surface area contributed by atoms with Gasteiger partial charge in [-0.05, 0) is 30.7 Å². The summed E-state index contributed by atoms with van der Waals surface area (Å²) in [5.74, 6) is 0.576. The monoisotopic (exact) mass is 416 g/mol. The fourth-order valence-corrected chi connectivity index (χ4v) is 4.25. The lowest BCUT2D eigenvalue weighted by Gasteiger charge is -2.10. The third-order valence-electron chi connectivity index (χ3n) is 5.62. The fourth-order valence-electron chi connectivity index (χ4n) is 4.08. The van der Waals surface area contributed by atoms with Gasteiger partial charge in [-0.15, -0.1) is 5.10 Å². The highest BCUT2D eigenvalue weighted by atomic mass is 35.5. The van der Waals surface area contributed by atoms with Crippen LogP contribution in [0.1, 0.15) is 34.4 Å². The average molecular weight is 417 g/mol. The lowest BCUT2D eigenvalue weighted by molar-refractivity contribution is 0.319. The van der Waals surface area contributed by atoms with E-state index < -0.39 is 0 Å². The first-order valence-electron chi connectivity index (χ1n) is 9.72. The standard InChI is InChI=1S/C22H17ClN6O/c1-13-18-10-20-21(22-25-16(11-30-22)14-5-3-2-4-6-14)24-12-28(20)17-8-7-15(23)9-19(17)29(18)27-26-13/h2-9,12,16H,10-11H2,1H3/t16-/m0/s1. The highest BCUT2D eigenvalue weighted by molar-refractivity contribution is 6.30. The molecule has 7 nitrogen and oxygen atoms in total. The molecule has 0 N–H and O–H groups in total. The van der Waals surface area contributed by atoms with Crippen LogP contribution in [-0.4, -0.2) is 37.0 Å². The highest BCUT2D eigenvalue weighted by Crippen LogP contribution is 2.33. The number of rotatable bonds is 2. The van der Waals surface area contributed by atoms with Crippen LogP contribution in [0.2, 0.25) is 5.02 Å². The molecule has 148 valence electrons. The van der Waals surface area contributed by atoms with Crippen LogP contribution < -0.4 is 0 Å². The molecule has 4 aromatic rings. The summed E-state index contributed by atoms with van der Waals surface area (Å²) < 4.78 is 9.92. The van der Waals surface area contributed by atoms with Crippen LogP contribution in [0.15, 0.2) is 59.9 Å². The van der Waals surface area contributed by atoms with Crippen molar-refractivity contribution in [2.75, 3.05) is 6.61 Å². The Kier molecular flexibility index (Phi) is 3.79. The molecule has 2 aliphatic heterocycles. The molecule has 0 saturated heterocycles. The summed E-state index contributed by atoms with van der Waals surface area (Å²) in [5, 5.41) is 9.28. The molecule has 0 fully saturated rings. The van der Waals surface area contributed by atoms with Gasteiger partial charge in [0.15, 0.2) is 0 Å². The summed E-state index contributed by atoms with van der Waals surface area (Å²) in [6, 6.07) is 15.9. The van der Waals surface area contributed by atoms with E-state index in [-0.39, 0.29) is 6.04 Å². The summed E-state index contributed by atoms with van der Waals surface area (Å²) in [6.07, 6.45) is 2.42. The average Bonchev–Trinajstić information content (AvgIpc) is 3.47. The Hall–Kier alpha value is -3.45. The second kappa shape index (κ2) is 6.53. The molecule has 2 aromatic carbocycles. The SMILES string of the molecule is Cc1nnn2c1Cc1c(C3=N[C@H](c4ccccc4)CO3)ncn1-c1ccc(Cl)cc1-2. The van der Waals surface area contributed by atoms with E-state index in [1.165, 1.54) is 0 Å². The molecule has 6 rings (SSSR count). The molecule has 2 aliphatic rings. The molecule has 2 aromatic heterocycles. The first kappa shape index (κ1) is 17.4. The maximum atomic E-state index is 6.29. The zero-order valence-corrected chi connectivity index (χ0v) is 16.9. The van der Waals surface area contributed by atoms with Crippen LogP contribution in [0, 0.1) is 6.92 Å². The van der Waals surface area contributed by atoms with E-state index in [4.69, 9.17) is 21.3 Å². The largest absolute Gasteiger partial charge is 0.474 e. The molecule has 1 atom stereocenters. The molecule has 30 heavy (non-hydrogen) atoms. The molecule has 0 bridgehead atoms. The minimum absolute atomic E-state index is 0.0237. The smallest absolute Gasteiger partial charge is 0.238 e. The van der Waals surface area contributed by atoms with Gasteiger partial charge in [-0.25, -0.2) is 14.7 Å². The number of benzene rings is 2. The quantitative estimate of drug-likeness (QED) is 0.438. The number of hydrogen-bond donors (Lipinski definition) is 0. The molecular formula is C22H17ClN6O. The van der Waals surface area contributed by atoms with E-state index in [9.17, 15) is 0 Å². The van der Waals surface area contributed by atoms with Gasteiger partial charge in [0.1, 0.15) is 24.7 Å². The Balaban J connectivity index is 1.50. The Labute approximate surface area is 177 Å². The van der Waals surface area contributed by atoms with Gasteiger partial charge in [0.2, 0.25) is 5.90 Å². The Morgan fingerprint density at radius 2 is 1.93 bits per heavy atom. The predicted molar refractivity (Wildman–Crippen MR) is 113 cm³/mol. The van der Waals surface area contributed by atoms with Crippen molar-refractivity contribution in [1.82, 2.24) is 24.5 Å². The molecular weight excluding hydrogens is 400 g/mol. The first-order valence-corrected chi connectivity index (χ1v) is 10.1. The minimum Gasteiger partial charge on any atom is -0.474 e. The van der Waals surface area contributed by atoms with Gasteiger partial charge >= 0.3 is 0 Å². The number of nitrogens with zero attached hydrogens (tertiary/aromatic N) is 6. The zero-order valence-electron chi connectivity index (χ0n) is 16.2. The van der Waals surface area contributed by atoms with Gasteiger partial charge in [-0.1, -0.05) is 47.1 Å². The molecule has 0 unspecified atom stereocenters. The van der Waals surface area contributed by atoms with Crippen LogP contribution in [0.25, 0.3) is 11.4 Å². The van der Waals surface area contributed by atoms with Crippen LogP contribution in [-0.2, 0) is 11.2 Å². The van der Waals surface area contributed by atoms with Crippen molar-refractivity contribution >= 4 is 17.5 Å². The van der Waals surface area contributed by atoms with E-state index in [2.05, 4.69) is 32.0 Å².